The highest BCUT2D eigenvalue weighted by Crippen LogP contribution is 2.38. The van der Waals surface area contributed by atoms with Crippen LogP contribution in [0.5, 0.6) is 23.1 Å². The summed E-state index contributed by atoms with van der Waals surface area (Å²) in [6.07, 6.45) is 0. The molecule has 7 heteroatoms. The van der Waals surface area contributed by atoms with E-state index in [4.69, 9.17) is 19.9 Å². The smallest absolute Gasteiger partial charge is 0.242 e. The van der Waals surface area contributed by atoms with Crippen molar-refractivity contribution in [3.05, 3.63) is 54.1 Å². The zero-order valence-corrected chi connectivity index (χ0v) is 13.0. The van der Waals surface area contributed by atoms with E-state index >= 15 is 0 Å². The zero-order chi connectivity index (χ0) is 17.2. The van der Waals surface area contributed by atoms with Crippen molar-refractivity contribution in [2.45, 2.75) is 0 Å². The molecule has 25 heavy (non-hydrogen) atoms. The molecule has 2 heterocycles. The Balaban J connectivity index is 1.82. The molecule has 0 bridgehead atoms. The Labute approximate surface area is 143 Å². The van der Waals surface area contributed by atoms with Crippen LogP contribution in [-0.2, 0) is 0 Å². The lowest BCUT2D eigenvalue weighted by Gasteiger charge is -2.11. The van der Waals surface area contributed by atoms with Crippen LogP contribution in [0.2, 0.25) is 0 Å². The number of benzene rings is 2. The van der Waals surface area contributed by atoms with Gasteiger partial charge in [0.25, 0.3) is 0 Å². The van der Waals surface area contributed by atoms with E-state index in [-0.39, 0.29) is 24.2 Å². The minimum Gasteiger partial charge on any atom is -0.454 e. The SMILES string of the molecule is N#Cc1c(Oc2ccccc2)nc(N)nc1-c1ccc2c(c1)OCO2. The second-order valence-corrected chi connectivity index (χ2v) is 5.21. The van der Waals surface area contributed by atoms with Crippen LogP contribution in [0.25, 0.3) is 11.3 Å². The molecule has 2 N–H and O–H groups in total. The molecule has 0 radical (unpaired) electrons. The molecule has 2 aromatic carbocycles. The lowest BCUT2D eigenvalue weighted by atomic mass is 10.1. The number of rotatable bonds is 3. The molecule has 1 aliphatic heterocycles. The van der Waals surface area contributed by atoms with Gasteiger partial charge in [-0.05, 0) is 30.3 Å². The van der Waals surface area contributed by atoms with Gasteiger partial charge in [-0.25, -0.2) is 4.98 Å². The van der Waals surface area contributed by atoms with Crippen molar-refractivity contribution < 1.29 is 14.2 Å². The Morgan fingerprint density at radius 3 is 2.64 bits per heavy atom. The highest BCUT2D eigenvalue weighted by atomic mass is 16.7. The number of nitrogen functional groups attached to an aromatic ring is 1. The third kappa shape index (κ3) is 2.77. The summed E-state index contributed by atoms with van der Waals surface area (Å²) in [6, 6.07) is 16.4. The Morgan fingerprint density at radius 1 is 1.04 bits per heavy atom. The molecule has 0 saturated heterocycles. The minimum atomic E-state index is 0.0117. The number of nitrogens with two attached hydrogens (primary N) is 1. The van der Waals surface area contributed by atoms with Gasteiger partial charge in [0.15, 0.2) is 11.5 Å². The predicted molar refractivity (Wildman–Crippen MR) is 89.2 cm³/mol. The van der Waals surface area contributed by atoms with E-state index in [0.717, 1.165) is 0 Å². The van der Waals surface area contributed by atoms with Crippen molar-refractivity contribution in [1.82, 2.24) is 9.97 Å². The van der Waals surface area contributed by atoms with Crippen molar-refractivity contribution in [3.8, 4) is 40.5 Å². The fourth-order valence-corrected chi connectivity index (χ4v) is 2.48. The molecule has 0 aliphatic carbocycles. The van der Waals surface area contributed by atoms with Crippen LogP contribution in [0.3, 0.4) is 0 Å². The fourth-order valence-electron chi connectivity index (χ4n) is 2.48. The van der Waals surface area contributed by atoms with Gasteiger partial charge in [0.05, 0.1) is 5.69 Å². The maximum Gasteiger partial charge on any atom is 0.242 e. The van der Waals surface area contributed by atoms with Gasteiger partial charge in [0.2, 0.25) is 18.6 Å². The molecule has 0 unspecified atom stereocenters. The van der Waals surface area contributed by atoms with Crippen LogP contribution in [-0.4, -0.2) is 16.8 Å². The third-order valence-corrected chi connectivity index (χ3v) is 3.61. The number of hydrogen-bond acceptors (Lipinski definition) is 7. The first kappa shape index (κ1) is 14.8. The van der Waals surface area contributed by atoms with Gasteiger partial charge >= 0.3 is 0 Å². The van der Waals surface area contributed by atoms with E-state index < -0.39 is 0 Å². The number of fused-ring (bicyclic) bond motifs is 1. The first-order valence-corrected chi connectivity index (χ1v) is 7.45. The van der Waals surface area contributed by atoms with E-state index in [1.165, 1.54) is 0 Å². The predicted octanol–water partition coefficient (Wildman–Crippen LogP) is 3.12. The summed E-state index contributed by atoms with van der Waals surface area (Å²) >= 11 is 0. The monoisotopic (exact) mass is 332 g/mol. The molecule has 0 amide bonds. The second-order valence-electron chi connectivity index (χ2n) is 5.21. The molecule has 1 aromatic heterocycles. The average molecular weight is 332 g/mol. The molecule has 7 nitrogen and oxygen atoms in total. The number of nitrogens with zero attached hydrogens (tertiary/aromatic N) is 3. The Hall–Kier alpha value is -3.79. The van der Waals surface area contributed by atoms with Gasteiger partial charge < -0.3 is 19.9 Å². The van der Waals surface area contributed by atoms with E-state index in [1.54, 1.807) is 30.3 Å². The molecule has 0 atom stereocenters. The number of ether oxygens (including phenoxy) is 3. The van der Waals surface area contributed by atoms with Crippen LogP contribution in [0.1, 0.15) is 5.56 Å². The van der Waals surface area contributed by atoms with Gasteiger partial charge in [-0.2, -0.15) is 10.2 Å². The van der Waals surface area contributed by atoms with Gasteiger partial charge in [-0.1, -0.05) is 18.2 Å². The van der Waals surface area contributed by atoms with E-state index in [9.17, 15) is 5.26 Å². The molecule has 4 rings (SSSR count). The van der Waals surface area contributed by atoms with Crippen molar-refractivity contribution in [1.29, 1.82) is 5.26 Å². The molecule has 122 valence electrons. The molecule has 0 saturated carbocycles. The molecule has 0 fully saturated rings. The second kappa shape index (κ2) is 6.02. The topological polar surface area (TPSA) is 103 Å². The maximum absolute atomic E-state index is 9.62. The Bertz CT molecular complexity index is 984. The minimum absolute atomic E-state index is 0.0117. The molecule has 3 aromatic rings. The highest BCUT2D eigenvalue weighted by molar-refractivity contribution is 5.72. The first-order chi connectivity index (χ1) is 12.2. The normalized spacial score (nSPS) is 11.8. The summed E-state index contributed by atoms with van der Waals surface area (Å²) in [7, 11) is 0. The number of nitriles is 1. The Morgan fingerprint density at radius 2 is 1.84 bits per heavy atom. The summed E-state index contributed by atoms with van der Waals surface area (Å²) in [5, 5.41) is 9.62. The van der Waals surface area contributed by atoms with Gasteiger partial charge in [-0.3, -0.25) is 0 Å². The summed E-state index contributed by atoms with van der Waals surface area (Å²) in [4.78, 5) is 8.27. The van der Waals surface area contributed by atoms with Crippen LogP contribution < -0.4 is 19.9 Å². The number of para-hydroxylation sites is 1. The van der Waals surface area contributed by atoms with Gasteiger partial charge in [0, 0.05) is 5.56 Å². The standard InChI is InChI=1S/C18H12N4O3/c19-9-13-16(11-6-7-14-15(8-11)24-10-23-14)21-18(20)22-17(13)25-12-4-2-1-3-5-12/h1-8H,10H2,(H2,20,21,22). The molecular weight excluding hydrogens is 320 g/mol. The average Bonchev–Trinajstić information content (AvgIpc) is 3.10. The molecular formula is C18H12N4O3. The molecule has 0 spiro atoms. The van der Waals surface area contributed by atoms with E-state index in [2.05, 4.69) is 16.0 Å². The van der Waals surface area contributed by atoms with E-state index in [1.807, 2.05) is 18.2 Å². The quantitative estimate of drug-likeness (QED) is 0.786. The summed E-state index contributed by atoms with van der Waals surface area (Å²) in [5.74, 6) is 1.90. The highest BCUT2D eigenvalue weighted by Gasteiger charge is 2.20. The van der Waals surface area contributed by atoms with Crippen molar-refractivity contribution >= 4 is 5.95 Å². The fraction of sp³-hybridized carbons (Fsp3) is 0.0556. The van der Waals surface area contributed by atoms with Crippen LogP contribution in [0, 0.1) is 11.3 Å². The summed E-state index contributed by atoms with van der Waals surface area (Å²) in [5.41, 5.74) is 7.05. The van der Waals surface area contributed by atoms with Crippen molar-refractivity contribution in [3.63, 3.8) is 0 Å². The lowest BCUT2D eigenvalue weighted by molar-refractivity contribution is 0.174. The summed E-state index contributed by atoms with van der Waals surface area (Å²) < 4.78 is 16.4. The van der Waals surface area contributed by atoms with Crippen LogP contribution in [0.15, 0.2) is 48.5 Å². The molecule has 1 aliphatic rings. The number of hydrogen-bond donors (Lipinski definition) is 1. The number of anilines is 1. The zero-order valence-electron chi connectivity index (χ0n) is 13.0. The third-order valence-electron chi connectivity index (χ3n) is 3.61. The maximum atomic E-state index is 9.62. The first-order valence-electron chi connectivity index (χ1n) is 7.45. The van der Waals surface area contributed by atoms with Crippen molar-refractivity contribution in [2.24, 2.45) is 0 Å². The number of aromatic nitrogens is 2. The lowest BCUT2D eigenvalue weighted by Crippen LogP contribution is -2.03. The van der Waals surface area contributed by atoms with Crippen molar-refractivity contribution in [2.75, 3.05) is 12.5 Å². The Kier molecular flexibility index (Phi) is 3.56. The van der Waals surface area contributed by atoms with Gasteiger partial charge in [-0.15, -0.1) is 0 Å². The summed E-state index contributed by atoms with van der Waals surface area (Å²) in [6.45, 7) is 0.165. The van der Waals surface area contributed by atoms with Gasteiger partial charge in [0.1, 0.15) is 17.4 Å². The van der Waals surface area contributed by atoms with Crippen LogP contribution >= 0.6 is 0 Å². The van der Waals surface area contributed by atoms with Crippen LogP contribution in [0.4, 0.5) is 5.95 Å². The van der Waals surface area contributed by atoms with E-state index in [0.29, 0.717) is 28.5 Å². The largest absolute Gasteiger partial charge is 0.454 e.